The number of ether oxygens (including phenoxy) is 2. The third-order valence-corrected chi connectivity index (χ3v) is 13.7. The molecule has 1 unspecified atom stereocenters. The molecule has 4 aliphatic rings. The number of aryl methyl sites for hydroxylation is 1. The molecular weight excluding hydrogens is 712 g/mol. The van der Waals surface area contributed by atoms with Crippen molar-refractivity contribution in [1.82, 2.24) is 19.3 Å². The van der Waals surface area contributed by atoms with E-state index in [1.165, 1.54) is 28.2 Å². The van der Waals surface area contributed by atoms with Crippen molar-refractivity contribution in [2.75, 3.05) is 37.5 Å². The molecule has 6 atom stereocenters. The standard InChI is InChI=1S/C40H45ClN6O5S/c1-26-5-3-7-35(51-2)33-13-9-30(33)20-46-23-40(16-4-6-27-17-32(41)12-8-29(27)19-40)24-52-36-14-10-28(18-34(36)46)38(48)44-53(50,22-26)45-39(49)31-11-15-37-42-25-43-47(37)21-31/h3,7-8,10-12,14-15,17-18,21,25-26,30,33,35H,4-6,9,13,16,19-20,22-24H2,1-2H3,(H,44,45,48,49,50)/b7-3+/t26-,30-,33+,35-,40-,53?/m0/s1. The van der Waals surface area contributed by atoms with Crippen LogP contribution < -0.4 is 14.4 Å². The molecule has 2 aromatic carbocycles. The van der Waals surface area contributed by atoms with Gasteiger partial charge in [0, 0.05) is 42.4 Å². The first-order valence-corrected chi connectivity index (χ1v) is 20.5. The fraction of sp³-hybridized carbons (Fsp3) is 0.450. The van der Waals surface area contributed by atoms with Crippen LogP contribution in [0.5, 0.6) is 5.75 Å². The number of allylic oxidation sites excluding steroid dienone is 1. The maximum absolute atomic E-state index is 14.6. The molecule has 4 aromatic rings. The highest BCUT2D eigenvalue weighted by atomic mass is 35.5. The van der Waals surface area contributed by atoms with Crippen LogP contribution in [-0.4, -0.2) is 69.3 Å². The van der Waals surface area contributed by atoms with Gasteiger partial charge in [0.1, 0.15) is 22.0 Å². The van der Waals surface area contributed by atoms with Crippen molar-refractivity contribution < 1.29 is 23.3 Å². The van der Waals surface area contributed by atoms with Crippen LogP contribution in [0.4, 0.5) is 5.69 Å². The molecule has 2 aliphatic carbocycles. The molecule has 278 valence electrons. The Morgan fingerprint density at radius 3 is 2.85 bits per heavy atom. The number of carbonyl (C=O) groups is 2. The summed E-state index contributed by atoms with van der Waals surface area (Å²) in [6.45, 7) is 4.04. The molecule has 1 saturated carbocycles. The first-order chi connectivity index (χ1) is 25.6. The molecule has 1 fully saturated rings. The number of anilines is 1. The first kappa shape index (κ1) is 35.8. The van der Waals surface area contributed by atoms with Gasteiger partial charge in [-0.15, -0.1) is 4.36 Å². The van der Waals surface area contributed by atoms with E-state index in [-0.39, 0.29) is 28.8 Å². The minimum absolute atomic E-state index is 0.0144. The Hall–Kier alpha value is -4.26. The number of nitrogens with zero attached hydrogens (tertiary/aromatic N) is 5. The number of methoxy groups -OCH3 is 1. The molecule has 53 heavy (non-hydrogen) atoms. The van der Waals surface area contributed by atoms with Gasteiger partial charge in [-0.2, -0.15) is 5.10 Å². The molecule has 13 heteroatoms. The summed E-state index contributed by atoms with van der Waals surface area (Å²) in [5, 5.41) is 4.87. The monoisotopic (exact) mass is 756 g/mol. The van der Waals surface area contributed by atoms with Crippen molar-refractivity contribution in [3.8, 4) is 5.75 Å². The molecule has 8 rings (SSSR count). The van der Waals surface area contributed by atoms with E-state index in [1.54, 1.807) is 25.3 Å². The van der Waals surface area contributed by atoms with E-state index in [9.17, 15) is 13.8 Å². The normalized spacial score (nSPS) is 29.4. The zero-order valence-electron chi connectivity index (χ0n) is 30.1. The van der Waals surface area contributed by atoms with E-state index < -0.39 is 21.7 Å². The van der Waals surface area contributed by atoms with E-state index in [2.05, 4.69) is 48.4 Å². The maximum Gasteiger partial charge on any atom is 0.286 e. The van der Waals surface area contributed by atoms with Gasteiger partial charge >= 0.3 is 0 Å². The molecule has 2 aromatic heterocycles. The lowest BCUT2D eigenvalue weighted by Crippen LogP contribution is -2.47. The average molecular weight is 757 g/mol. The minimum Gasteiger partial charge on any atom is -0.491 e. The molecule has 2 aliphatic heterocycles. The second-order valence-electron chi connectivity index (χ2n) is 15.4. The van der Waals surface area contributed by atoms with Crippen LogP contribution in [0.25, 0.3) is 5.65 Å². The maximum atomic E-state index is 14.6. The predicted molar refractivity (Wildman–Crippen MR) is 205 cm³/mol. The van der Waals surface area contributed by atoms with Crippen molar-refractivity contribution in [3.05, 3.63) is 100 Å². The minimum atomic E-state index is -3.57. The largest absolute Gasteiger partial charge is 0.491 e. The SMILES string of the molecule is CO[C@H]1/C=C/C[C@H](C)CS(=O)(NC(=O)c2ccc3ncnn3c2)=NC(=O)c2ccc3c(c2)N(C[C@@H]2CC[C@H]21)C[C@@]1(CCCc2cc(Cl)ccc2C1)CO3. The van der Waals surface area contributed by atoms with Crippen LogP contribution >= 0.6 is 11.6 Å². The second kappa shape index (κ2) is 14.5. The van der Waals surface area contributed by atoms with E-state index in [0.29, 0.717) is 41.8 Å². The van der Waals surface area contributed by atoms with E-state index in [1.807, 2.05) is 25.1 Å². The number of carbonyl (C=O) groups excluding carboxylic acids is 2. The zero-order chi connectivity index (χ0) is 36.7. The number of aromatic nitrogens is 3. The fourth-order valence-corrected chi connectivity index (χ4v) is 10.7. The van der Waals surface area contributed by atoms with Crippen molar-refractivity contribution in [3.63, 3.8) is 0 Å². The Balaban J connectivity index is 1.17. The third-order valence-electron chi connectivity index (χ3n) is 11.5. The quantitative estimate of drug-likeness (QED) is 0.228. The van der Waals surface area contributed by atoms with Crippen LogP contribution in [-0.2, 0) is 27.5 Å². The summed E-state index contributed by atoms with van der Waals surface area (Å²) in [6, 6.07) is 14.8. The molecule has 4 heterocycles. The van der Waals surface area contributed by atoms with Crippen molar-refractivity contribution >= 4 is 44.7 Å². The number of benzene rings is 2. The van der Waals surface area contributed by atoms with E-state index in [4.69, 9.17) is 21.1 Å². The van der Waals surface area contributed by atoms with Crippen LogP contribution in [0, 0.1) is 23.2 Å². The molecule has 0 radical (unpaired) electrons. The topological polar surface area (TPSA) is 127 Å². The Kier molecular flexibility index (Phi) is 9.80. The molecule has 11 nitrogen and oxygen atoms in total. The summed E-state index contributed by atoms with van der Waals surface area (Å²) in [7, 11) is -1.80. The molecule has 0 saturated heterocycles. The lowest BCUT2D eigenvalue weighted by Gasteiger charge is -2.45. The fourth-order valence-electron chi connectivity index (χ4n) is 8.63. The number of halogens is 1. The Morgan fingerprint density at radius 1 is 1.13 bits per heavy atom. The summed E-state index contributed by atoms with van der Waals surface area (Å²) in [5.41, 5.74) is 4.37. The van der Waals surface area contributed by atoms with Crippen LogP contribution in [0.15, 0.2) is 77.6 Å². The summed E-state index contributed by atoms with van der Waals surface area (Å²) in [5.74, 6) is -0.000662. The number of hydrogen-bond acceptors (Lipinski definition) is 8. The molecule has 2 bridgehead atoms. The highest BCUT2D eigenvalue weighted by Crippen LogP contribution is 2.46. The number of pyridine rings is 1. The first-order valence-electron chi connectivity index (χ1n) is 18.5. The lowest BCUT2D eigenvalue weighted by molar-refractivity contribution is 0.0127. The third kappa shape index (κ3) is 7.46. The average Bonchev–Trinajstić information content (AvgIpc) is 3.45. The van der Waals surface area contributed by atoms with Gasteiger partial charge in [-0.25, -0.2) is 13.7 Å². The van der Waals surface area contributed by atoms with Gasteiger partial charge in [0.2, 0.25) is 0 Å². The smallest absolute Gasteiger partial charge is 0.286 e. The molecule has 2 amide bonds. The van der Waals surface area contributed by atoms with Gasteiger partial charge in [-0.1, -0.05) is 36.7 Å². The second-order valence-corrected chi connectivity index (χ2v) is 17.8. The van der Waals surface area contributed by atoms with Gasteiger partial charge in [-0.3, -0.25) is 14.3 Å². The van der Waals surface area contributed by atoms with Gasteiger partial charge in [0.05, 0.1) is 29.7 Å². The van der Waals surface area contributed by atoms with Crippen molar-refractivity contribution in [2.24, 2.45) is 27.5 Å². The molecular formula is C40H45ClN6O5S. The Bertz CT molecular complexity index is 2210. The van der Waals surface area contributed by atoms with E-state index >= 15 is 0 Å². The van der Waals surface area contributed by atoms with Gasteiger partial charge in [0.15, 0.2) is 5.65 Å². The van der Waals surface area contributed by atoms with Gasteiger partial charge < -0.3 is 14.4 Å². The highest BCUT2D eigenvalue weighted by molar-refractivity contribution is 7.92. The number of amides is 2. The zero-order valence-corrected chi connectivity index (χ0v) is 31.7. The van der Waals surface area contributed by atoms with Crippen molar-refractivity contribution in [2.45, 2.75) is 58.0 Å². The number of rotatable bonds is 3. The van der Waals surface area contributed by atoms with E-state index in [0.717, 1.165) is 62.3 Å². The number of fused-ring (bicyclic) bond motifs is 4. The summed E-state index contributed by atoms with van der Waals surface area (Å²) in [6.07, 6.45) is 13.6. The van der Waals surface area contributed by atoms with Crippen molar-refractivity contribution in [1.29, 1.82) is 0 Å². The van der Waals surface area contributed by atoms with Crippen LogP contribution in [0.3, 0.4) is 0 Å². The predicted octanol–water partition coefficient (Wildman–Crippen LogP) is 6.74. The van der Waals surface area contributed by atoms with Gasteiger partial charge in [-0.05, 0) is 116 Å². The Labute approximate surface area is 315 Å². The summed E-state index contributed by atoms with van der Waals surface area (Å²) < 4.78 is 35.8. The van der Waals surface area contributed by atoms with Crippen LogP contribution in [0.1, 0.15) is 70.9 Å². The lowest BCUT2D eigenvalue weighted by atomic mass is 9.69. The number of nitrogens with one attached hydrogen (secondary N) is 1. The molecule has 1 spiro atoms. The number of hydrogen-bond donors (Lipinski definition) is 1. The van der Waals surface area contributed by atoms with Gasteiger partial charge in [0.25, 0.3) is 11.8 Å². The summed E-state index contributed by atoms with van der Waals surface area (Å²) in [4.78, 5) is 34.1. The molecule has 1 N–H and O–H groups in total. The highest BCUT2D eigenvalue weighted by Gasteiger charge is 2.43. The Morgan fingerprint density at radius 2 is 2.02 bits per heavy atom. The van der Waals surface area contributed by atoms with Crippen LogP contribution in [0.2, 0.25) is 5.02 Å². The summed E-state index contributed by atoms with van der Waals surface area (Å²) >= 11 is 6.41.